The molecule has 2 atom stereocenters. The van der Waals surface area contributed by atoms with Crippen molar-refractivity contribution in [2.75, 3.05) is 12.8 Å². The number of ether oxygens (including phenoxy) is 1. The highest BCUT2D eigenvalue weighted by Crippen LogP contribution is 2.30. The van der Waals surface area contributed by atoms with E-state index in [1.165, 1.54) is 12.8 Å². The minimum atomic E-state index is 0.289. The molecule has 84 valence electrons. The van der Waals surface area contributed by atoms with Crippen molar-refractivity contribution in [1.82, 2.24) is 9.78 Å². The molecule has 1 fully saturated rings. The number of hydrogen-bond donors (Lipinski definition) is 1. The van der Waals surface area contributed by atoms with E-state index in [1.54, 1.807) is 7.11 Å². The molecular weight excluding hydrogens is 190 g/mol. The highest BCUT2D eigenvalue weighted by atomic mass is 16.5. The van der Waals surface area contributed by atoms with Crippen LogP contribution in [0.4, 0.5) is 5.82 Å². The molecule has 4 heteroatoms. The molecule has 0 aromatic carbocycles. The van der Waals surface area contributed by atoms with Crippen molar-refractivity contribution in [3.63, 3.8) is 0 Å². The first-order chi connectivity index (χ1) is 7.22. The molecule has 15 heavy (non-hydrogen) atoms. The van der Waals surface area contributed by atoms with Crippen LogP contribution >= 0.6 is 0 Å². The van der Waals surface area contributed by atoms with Crippen molar-refractivity contribution in [3.8, 4) is 0 Å². The van der Waals surface area contributed by atoms with E-state index in [9.17, 15) is 0 Å². The highest BCUT2D eigenvalue weighted by molar-refractivity contribution is 5.35. The van der Waals surface area contributed by atoms with E-state index in [-0.39, 0.29) is 6.10 Å². The third-order valence-electron chi connectivity index (χ3n) is 3.26. The topological polar surface area (TPSA) is 53.1 Å². The number of aromatic nitrogens is 2. The van der Waals surface area contributed by atoms with Gasteiger partial charge in [-0.1, -0.05) is 12.8 Å². The van der Waals surface area contributed by atoms with Crippen molar-refractivity contribution in [1.29, 1.82) is 0 Å². The molecule has 1 saturated carbocycles. The Labute approximate surface area is 90.4 Å². The van der Waals surface area contributed by atoms with Crippen molar-refractivity contribution >= 4 is 5.82 Å². The number of nitrogens with two attached hydrogens (primary N) is 1. The number of nitrogens with zero attached hydrogens (tertiary/aromatic N) is 2. The molecule has 2 N–H and O–H groups in total. The van der Waals surface area contributed by atoms with Crippen LogP contribution in [0.1, 0.15) is 37.3 Å². The fourth-order valence-corrected chi connectivity index (χ4v) is 2.32. The largest absolute Gasteiger partial charge is 0.382 e. The van der Waals surface area contributed by atoms with Crippen LogP contribution in [0.5, 0.6) is 0 Å². The summed E-state index contributed by atoms with van der Waals surface area (Å²) in [6, 6.07) is 0.361. The van der Waals surface area contributed by atoms with E-state index in [2.05, 4.69) is 5.10 Å². The molecule has 0 aliphatic heterocycles. The highest BCUT2D eigenvalue weighted by Gasteiger charge is 2.27. The summed E-state index contributed by atoms with van der Waals surface area (Å²) >= 11 is 0. The first-order valence-electron chi connectivity index (χ1n) is 5.56. The Balaban J connectivity index is 2.20. The van der Waals surface area contributed by atoms with Crippen molar-refractivity contribution in [3.05, 3.63) is 11.8 Å². The average molecular weight is 209 g/mol. The molecule has 0 spiro atoms. The van der Waals surface area contributed by atoms with Gasteiger partial charge in [-0.05, 0) is 19.8 Å². The van der Waals surface area contributed by atoms with Crippen LogP contribution in [0.15, 0.2) is 6.20 Å². The molecule has 0 bridgehead atoms. The van der Waals surface area contributed by atoms with Crippen LogP contribution in [0.3, 0.4) is 0 Å². The maximum atomic E-state index is 5.76. The third kappa shape index (κ3) is 2.00. The minimum Gasteiger partial charge on any atom is -0.382 e. The molecule has 0 amide bonds. The molecule has 1 aromatic heterocycles. The molecule has 4 nitrogen and oxygen atoms in total. The van der Waals surface area contributed by atoms with Gasteiger partial charge in [0.15, 0.2) is 0 Å². The van der Waals surface area contributed by atoms with Crippen molar-refractivity contribution in [2.24, 2.45) is 0 Å². The molecule has 0 saturated heterocycles. The van der Waals surface area contributed by atoms with Crippen LogP contribution in [0, 0.1) is 6.92 Å². The smallest absolute Gasteiger partial charge is 0.148 e. The third-order valence-corrected chi connectivity index (χ3v) is 3.26. The summed E-state index contributed by atoms with van der Waals surface area (Å²) in [7, 11) is 1.78. The SMILES string of the molecule is COC1CCCCC1n1cc(C)c(N)n1. The lowest BCUT2D eigenvalue weighted by molar-refractivity contribution is 0.0247. The lowest BCUT2D eigenvalue weighted by Crippen LogP contribution is -2.29. The Morgan fingerprint density at radius 2 is 2.20 bits per heavy atom. The molecule has 2 unspecified atom stereocenters. The Hall–Kier alpha value is -1.03. The van der Waals surface area contributed by atoms with E-state index >= 15 is 0 Å². The molecule has 1 aliphatic carbocycles. The van der Waals surface area contributed by atoms with Gasteiger partial charge >= 0.3 is 0 Å². The molecule has 1 aliphatic rings. The fraction of sp³-hybridized carbons (Fsp3) is 0.727. The zero-order valence-corrected chi connectivity index (χ0v) is 9.44. The second-order valence-electron chi connectivity index (χ2n) is 4.30. The summed E-state index contributed by atoms with van der Waals surface area (Å²) < 4.78 is 7.49. The summed E-state index contributed by atoms with van der Waals surface area (Å²) in [6.45, 7) is 1.99. The number of hydrogen-bond acceptors (Lipinski definition) is 3. The second kappa shape index (κ2) is 4.23. The first-order valence-corrected chi connectivity index (χ1v) is 5.56. The number of nitrogen functional groups attached to an aromatic ring is 1. The molecule has 2 rings (SSSR count). The van der Waals surface area contributed by atoms with Crippen LogP contribution in [-0.4, -0.2) is 23.0 Å². The Morgan fingerprint density at radius 1 is 1.47 bits per heavy atom. The predicted octanol–water partition coefficient (Wildman–Crippen LogP) is 1.90. The Kier molecular flexibility index (Phi) is 2.95. The van der Waals surface area contributed by atoms with Gasteiger partial charge in [0.25, 0.3) is 0 Å². The van der Waals surface area contributed by atoms with E-state index < -0.39 is 0 Å². The van der Waals surface area contributed by atoms with Gasteiger partial charge in [-0.15, -0.1) is 0 Å². The molecule has 1 heterocycles. The van der Waals surface area contributed by atoms with Gasteiger partial charge in [0.05, 0.1) is 12.1 Å². The van der Waals surface area contributed by atoms with Gasteiger partial charge in [0.2, 0.25) is 0 Å². The Bertz CT molecular complexity index is 315. The van der Waals surface area contributed by atoms with E-state index in [1.807, 2.05) is 17.8 Å². The number of methoxy groups -OCH3 is 1. The average Bonchev–Trinajstić information content (AvgIpc) is 2.59. The zero-order chi connectivity index (χ0) is 10.8. The summed E-state index contributed by atoms with van der Waals surface area (Å²) in [5, 5.41) is 4.35. The lowest BCUT2D eigenvalue weighted by atomic mass is 9.92. The number of rotatable bonds is 2. The van der Waals surface area contributed by atoms with Crippen molar-refractivity contribution < 1.29 is 4.74 Å². The monoisotopic (exact) mass is 209 g/mol. The summed E-state index contributed by atoms with van der Waals surface area (Å²) in [6.07, 6.45) is 7.09. The van der Waals surface area contributed by atoms with E-state index in [0.29, 0.717) is 11.9 Å². The first kappa shape index (κ1) is 10.5. The van der Waals surface area contributed by atoms with E-state index in [4.69, 9.17) is 10.5 Å². The number of aryl methyl sites for hydroxylation is 1. The Morgan fingerprint density at radius 3 is 2.80 bits per heavy atom. The van der Waals surface area contributed by atoms with Gasteiger partial charge in [0, 0.05) is 18.9 Å². The van der Waals surface area contributed by atoms with Gasteiger partial charge in [-0.2, -0.15) is 5.10 Å². The van der Waals surface area contributed by atoms with Crippen LogP contribution < -0.4 is 5.73 Å². The maximum absolute atomic E-state index is 5.76. The van der Waals surface area contributed by atoms with Gasteiger partial charge in [-0.25, -0.2) is 0 Å². The van der Waals surface area contributed by atoms with Gasteiger partial charge in [0.1, 0.15) is 5.82 Å². The van der Waals surface area contributed by atoms with E-state index in [0.717, 1.165) is 18.4 Å². The molecule has 1 aromatic rings. The van der Waals surface area contributed by atoms with Gasteiger partial charge < -0.3 is 10.5 Å². The molecule has 0 radical (unpaired) electrons. The predicted molar refractivity (Wildman–Crippen MR) is 59.7 cm³/mol. The van der Waals surface area contributed by atoms with Gasteiger partial charge in [-0.3, -0.25) is 4.68 Å². The normalized spacial score (nSPS) is 26.8. The second-order valence-corrected chi connectivity index (χ2v) is 4.30. The molecular formula is C11H19N3O. The lowest BCUT2D eigenvalue weighted by Gasteiger charge is -2.30. The maximum Gasteiger partial charge on any atom is 0.148 e. The fourth-order valence-electron chi connectivity index (χ4n) is 2.32. The van der Waals surface area contributed by atoms with Crippen LogP contribution in [-0.2, 0) is 4.74 Å². The number of anilines is 1. The zero-order valence-electron chi connectivity index (χ0n) is 9.44. The standard InChI is InChI=1S/C11H19N3O/c1-8-7-14(13-11(8)12)9-5-3-4-6-10(9)15-2/h7,9-10H,3-6H2,1-2H3,(H2,12,13). The quantitative estimate of drug-likeness (QED) is 0.809. The van der Waals surface area contributed by atoms with Crippen LogP contribution in [0.2, 0.25) is 0 Å². The van der Waals surface area contributed by atoms with Crippen molar-refractivity contribution in [2.45, 2.75) is 44.8 Å². The summed E-state index contributed by atoms with van der Waals surface area (Å²) in [5.74, 6) is 0.635. The summed E-state index contributed by atoms with van der Waals surface area (Å²) in [5.41, 5.74) is 6.81. The minimum absolute atomic E-state index is 0.289. The van der Waals surface area contributed by atoms with Crippen LogP contribution in [0.25, 0.3) is 0 Å². The summed E-state index contributed by atoms with van der Waals surface area (Å²) in [4.78, 5) is 0.